The van der Waals surface area contributed by atoms with Crippen molar-refractivity contribution in [1.29, 1.82) is 0 Å². The minimum absolute atomic E-state index is 0.257. The van der Waals surface area contributed by atoms with E-state index in [9.17, 15) is 13.2 Å². The van der Waals surface area contributed by atoms with Crippen LogP contribution >= 0.6 is 0 Å². The Morgan fingerprint density at radius 2 is 1.59 bits per heavy atom. The summed E-state index contributed by atoms with van der Waals surface area (Å²) in [6.45, 7) is 0.379. The second-order valence-electron chi connectivity index (χ2n) is 6.31. The topological polar surface area (TPSA) is 94.2 Å². The van der Waals surface area contributed by atoms with Crippen molar-refractivity contribution in [3.8, 4) is 17.2 Å². The van der Waals surface area contributed by atoms with Gasteiger partial charge >= 0.3 is 0 Å². The molecule has 0 aromatic heterocycles. The Labute approximate surface area is 171 Å². The fourth-order valence-electron chi connectivity index (χ4n) is 2.71. The summed E-state index contributed by atoms with van der Waals surface area (Å²) in [5.41, 5.74) is 1.60. The number of nitrogens with zero attached hydrogens (tertiary/aromatic N) is 1. The quantitative estimate of drug-likeness (QED) is 0.665. The molecule has 9 heteroatoms. The Bertz CT molecular complexity index is 975. The predicted octanol–water partition coefficient (Wildman–Crippen LogP) is 2.08. The molecule has 1 N–H and O–H groups in total. The molecule has 1 amide bonds. The maximum absolute atomic E-state index is 12.7. The lowest BCUT2D eigenvalue weighted by Crippen LogP contribution is -2.28. The fraction of sp³-hybridized carbons (Fsp3) is 0.350. The van der Waals surface area contributed by atoms with Gasteiger partial charge in [-0.3, -0.25) is 9.10 Å². The van der Waals surface area contributed by atoms with E-state index in [-0.39, 0.29) is 11.5 Å². The highest BCUT2D eigenvalue weighted by atomic mass is 32.2. The van der Waals surface area contributed by atoms with Crippen LogP contribution in [0.25, 0.3) is 0 Å². The number of nitrogens with one attached hydrogen (secondary N) is 1. The van der Waals surface area contributed by atoms with E-state index >= 15 is 0 Å². The number of methoxy groups -OCH3 is 3. The van der Waals surface area contributed by atoms with Gasteiger partial charge in [0.15, 0.2) is 11.5 Å². The minimum atomic E-state index is -3.44. The van der Waals surface area contributed by atoms with Gasteiger partial charge in [-0.05, 0) is 42.3 Å². The average Bonchev–Trinajstić information content (AvgIpc) is 2.71. The molecule has 29 heavy (non-hydrogen) atoms. The third-order valence-electron chi connectivity index (χ3n) is 4.44. The molecule has 0 aliphatic carbocycles. The van der Waals surface area contributed by atoms with Crippen molar-refractivity contribution in [2.24, 2.45) is 0 Å². The molecule has 2 aromatic carbocycles. The van der Waals surface area contributed by atoms with Crippen LogP contribution < -0.4 is 23.8 Å². The van der Waals surface area contributed by atoms with Gasteiger partial charge in [-0.2, -0.15) is 0 Å². The Hall–Kier alpha value is -2.94. The first-order valence-electron chi connectivity index (χ1n) is 8.82. The van der Waals surface area contributed by atoms with Crippen molar-refractivity contribution in [2.45, 2.75) is 6.42 Å². The molecular formula is C20H26N2O6S. The van der Waals surface area contributed by atoms with Crippen LogP contribution in [0.2, 0.25) is 0 Å². The Morgan fingerprint density at radius 3 is 2.17 bits per heavy atom. The van der Waals surface area contributed by atoms with E-state index < -0.39 is 10.0 Å². The molecule has 0 heterocycles. The number of carbonyl (C=O) groups is 1. The van der Waals surface area contributed by atoms with Crippen LogP contribution in [0.3, 0.4) is 0 Å². The summed E-state index contributed by atoms with van der Waals surface area (Å²) in [6.07, 6.45) is 1.68. The van der Waals surface area contributed by atoms with Gasteiger partial charge in [-0.1, -0.05) is 6.07 Å². The first kappa shape index (κ1) is 22.4. The standard InChI is InChI=1S/C20H26N2O6S/c1-22(29(5,24)25)15-7-9-17(26-2)16(13-15)20(23)21-11-10-14-6-8-18(27-3)19(12-14)28-4/h6-9,12-13H,10-11H2,1-5H3,(H,21,23). The molecule has 2 aromatic rings. The highest BCUT2D eigenvalue weighted by molar-refractivity contribution is 7.92. The van der Waals surface area contributed by atoms with Crippen LogP contribution in [0.4, 0.5) is 5.69 Å². The van der Waals surface area contributed by atoms with E-state index in [1.165, 1.54) is 20.2 Å². The van der Waals surface area contributed by atoms with E-state index in [0.717, 1.165) is 16.1 Å². The largest absolute Gasteiger partial charge is 0.496 e. The van der Waals surface area contributed by atoms with E-state index in [0.29, 0.717) is 35.9 Å². The van der Waals surface area contributed by atoms with Crippen LogP contribution in [0.5, 0.6) is 17.2 Å². The second kappa shape index (κ2) is 9.51. The molecular weight excluding hydrogens is 396 g/mol. The van der Waals surface area contributed by atoms with Crippen molar-refractivity contribution in [1.82, 2.24) is 5.32 Å². The SMILES string of the molecule is COc1ccc(CCNC(=O)c2cc(N(C)S(C)(=O)=O)ccc2OC)cc1OC. The monoisotopic (exact) mass is 422 g/mol. The van der Waals surface area contributed by atoms with Crippen LogP contribution in [-0.2, 0) is 16.4 Å². The molecule has 0 unspecified atom stereocenters. The smallest absolute Gasteiger partial charge is 0.255 e. The van der Waals surface area contributed by atoms with Crippen LogP contribution in [0.1, 0.15) is 15.9 Å². The fourth-order valence-corrected chi connectivity index (χ4v) is 3.21. The third-order valence-corrected chi connectivity index (χ3v) is 5.64. The maximum atomic E-state index is 12.7. The third kappa shape index (κ3) is 5.54. The van der Waals surface area contributed by atoms with Crippen molar-refractivity contribution in [2.75, 3.05) is 45.5 Å². The minimum Gasteiger partial charge on any atom is -0.496 e. The van der Waals surface area contributed by atoms with E-state index in [2.05, 4.69) is 5.32 Å². The van der Waals surface area contributed by atoms with Crippen LogP contribution in [0.15, 0.2) is 36.4 Å². The molecule has 2 rings (SSSR count). The first-order chi connectivity index (χ1) is 13.7. The van der Waals surface area contributed by atoms with Crippen molar-refractivity contribution in [3.05, 3.63) is 47.5 Å². The van der Waals surface area contributed by atoms with E-state index in [1.54, 1.807) is 26.4 Å². The highest BCUT2D eigenvalue weighted by Gasteiger charge is 2.18. The molecule has 0 radical (unpaired) electrons. The normalized spacial score (nSPS) is 10.9. The van der Waals surface area contributed by atoms with Crippen molar-refractivity contribution >= 4 is 21.6 Å². The number of sulfonamides is 1. The second-order valence-corrected chi connectivity index (χ2v) is 8.32. The zero-order valence-electron chi connectivity index (χ0n) is 17.2. The summed E-state index contributed by atoms with van der Waals surface area (Å²) in [4.78, 5) is 12.7. The van der Waals surface area contributed by atoms with Gasteiger partial charge in [0.25, 0.3) is 5.91 Å². The van der Waals surface area contributed by atoms with E-state index in [1.807, 2.05) is 18.2 Å². The molecule has 0 saturated carbocycles. The van der Waals surface area contributed by atoms with Gasteiger partial charge in [0, 0.05) is 13.6 Å². The lowest BCUT2D eigenvalue weighted by Gasteiger charge is -2.18. The first-order valence-corrected chi connectivity index (χ1v) is 10.7. The van der Waals surface area contributed by atoms with Crippen molar-refractivity contribution < 1.29 is 27.4 Å². The number of carbonyl (C=O) groups excluding carboxylic acids is 1. The number of anilines is 1. The molecule has 8 nitrogen and oxygen atoms in total. The maximum Gasteiger partial charge on any atom is 0.255 e. The van der Waals surface area contributed by atoms with Gasteiger partial charge in [-0.25, -0.2) is 8.42 Å². The Kier molecular flexibility index (Phi) is 7.33. The summed E-state index contributed by atoms with van der Waals surface area (Å²) in [6, 6.07) is 10.2. The van der Waals surface area contributed by atoms with Gasteiger partial charge in [0.1, 0.15) is 5.75 Å². The average molecular weight is 423 g/mol. The Balaban J connectivity index is 2.12. The lowest BCUT2D eigenvalue weighted by atomic mass is 10.1. The molecule has 0 bridgehead atoms. The number of ether oxygens (including phenoxy) is 3. The molecule has 158 valence electrons. The van der Waals surface area contributed by atoms with Crippen LogP contribution in [0, 0.1) is 0 Å². The zero-order valence-corrected chi connectivity index (χ0v) is 18.0. The number of benzene rings is 2. The number of amides is 1. The number of rotatable bonds is 9. The van der Waals surface area contributed by atoms with Crippen LogP contribution in [-0.4, -0.2) is 55.5 Å². The van der Waals surface area contributed by atoms with E-state index in [4.69, 9.17) is 14.2 Å². The summed E-state index contributed by atoms with van der Waals surface area (Å²) in [7, 11) is 2.57. The van der Waals surface area contributed by atoms with Crippen molar-refractivity contribution in [3.63, 3.8) is 0 Å². The van der Waals surface area contributed by atoms with Gasteiger partial charge in [0.2, 0.25) is 10.0 Å². The zero-order chi connectivity index (χ0) is 21.6. The highest BCUT2D eigenvalue weighted by Crippen LogP contribution is 2.28. The van der Waals surface area contributed by atoms with Gasteiger partial charge in [0.05, 0.1) is 38.8 Å². The van der Waals surface area contributed by atoms with Gasteiger partial charge < -0.3 is 19.5 Å². The number of hydrogen-bond donors (Lipinski definition) is 1. The molecule has 0 fully saturated rings. The summed E-state index contributed by atoms with van der Waals surface area (Å²) >= 11 is 0. The summed E-state index contributed by atoms with van der Waals surface area (Å²) < 4.78 is 40.4. The molecule has 0 aliphatic rings. The number of hydrogen-bond acceptors (Lipinski definition) is 6. The molecule has 0 atom stereocenters. The summed E-state index contributed by atoms with van der Waals surface area (Å²) in [5, 5.41) is 2.83. The molecule has 0 spiro atoms. The molecule has 0 saturated heterocycles. The predicted molar refractivity (Wildman–Crippen MR) is 112 cm³/mol. The lowest BCUT2D eigenvalue weighted by molar-refractivity contribution is 0.0951. The molecule has 0 aliphatic heterocycles. The summed E-state index contributed by atoms with van der Waals surface area (Å²) in [5.74, 6) is 1.26. The van der Waals surface area contributed by atoms with Gasteiger partial charge in [-0.15, -0.1) is 0 Å². The Morgan fingerprint density at radius 1 is 0.966 bits per heavy atom.